The Bertz CT molecular complexity index is 174. The standard InChI is InChI=1S/C12H24O3/c1-5-9-14-10-11(13)12(6-2,7-3)15-8-4/h5-10H2,1-4H3. The maximum absolute atomic E-state index is 11.9. The van der Waals surface area contributed by atoms with E-state index in [1.54, 1.807) is 0 Å². The SMILES string of the molecule is CCCOCC(=O)C(CC)(CC)OCC. The van der Waals surface area contributed by atoms with E-state index in [9.17, 15) is 4.79 Å². The summed E-state index contributed by atoms with van der Waals surface area (Å²) in [7, 11) is 0. The van der Waals surface area contributed by atoms with Gasteiger partial charge in [0.15, 0.2) is 5.78 Å². The highest BCUT2D eigenvalue weighted by atomic mass is 16.5. The van der Waals surface area contributed by atoms with Crippen LogP contribution in [0, 0.1) is 0 Å². The fourth-order valence-electron chi connectivity index (χ4n) is 1.65. The number of hydrogen-bond donors (Lipinski definition) is 0. The van der Waals surface area contributed by atoms with Gasteiger partial charge in [-0.2, -0.15) is 0 Å². The quantitative estimate of drug-likeness (QED) is 0.556. The largest absolute Gasteiger partial charge is 0.374 e. The van der Waals surface area contributed by atoms with Gasteiger partial charge in [-0.25, -0.2) is 0 Å². The molecule has 0 aliphatic rings. The lowest BCUT2D eigenvalue weighted by molar-refractivity contribution is -0.150. The Morgan fingerprint density at radius 3 is 2.13 bits per heavy atom. The Morgan fingerprint density at radius 2 is 1.73 bits per heavy atom. The zero-order chi connectivity index (χ0) is 11.7. The van der Waals surface area contributed by atoms with Crippen molar-refractivity contribution in [3.8, 4) is 0 Å². The first kappa shape index (κ1) is 14.6. The van der Waals surface area contributed by atoms with Gasteiger partial charge in [-0.05, 0) is 26.2 Å². The average Bonchev–Trinajstić information content (AvgIpc) is 2.26. The Kier molecular flexibility index (Phi) is 7.61. The van der Waals surface area contributed by atoms with Crippen molar-refractivity contribution in [1.29, 1.82) is 0 Å². The zero-order valence-corrected chi connectivity index (χ0v) is 10.5. The fourth-order valence-corrected chi connectivity index (χ4v) is 1.65. The minimum atomic E-state index is -0.623. The number of ether oxygens (including phenoxy) is 2. The molecule has 0 saturated heterocycles. The van der Waals surface area contributed by atoms with Gasteiger partial charge in [0, 0.05) is 13.2 Å². The van der Waals surface area contributed by atoms with E-state index in [1.807, 2.05) is 27.7 Å². The minimum Gasteiger partial charge on any atom is -0.374 e. The van der Waals surface area contributed by atoms with Crippen molar-refractivity contribution in [3.05, 3.63) is 0 Å². The molecule has 3 heteroatoms. The molecule has 90 valence electrons. The zero-order valence-electron chi connectivity index (χ0n) is 10.5. The molecule has 0 fully saturated rings. The van der Waals surface area contributed by atoms with Crippen molar-refractivity contribution < 1.29 is 14.3 Å². The first-order valence-corrected chi connectivity index (χ1v) is 5.91. The van der Waals surface area contributed by atoms with E-state index in [-0.39, 0.29) is 12.4 Å². The molecule has 0 rings (SSSR count). The Labute approximate surface area is 93.1 Å². The van der Waals surface area contributed by atoms with Gasteiger partial charge >= 0.3 is 0 Å². The van der Waals surface area contributed by atoms with E-state index in [1.165, 1.54) is 0 Å². The summed E-state index contributed by atoms with van der Waals surface area (Å²) < 4.78 is 10.9. The summed E-state index contributed by atoms with van der Waals surface area (Å²) in [5.41, 5.74) is -0.623. The molecule has 0 heterocycles. The summed E-state index contributed by atoms with van der Waals surface area (Å²) in [6.07, 6.45) is 2.37. The van der Waals surface area contributed by atoms with Gasteiger partial charge in [0.2, 0.25) is 0 Å². The van der Waals surface area contributed by atoms with Crippen LogP contribution in [-0.2, 0) is 14.3 Å². The summed E-state index contributed by atoms with van der Waals surface area (Å²) in [4.78, 5) is 11.9. The van der Waals surface area contributed by atoms with Gasteiger partial charge in [-0.3, -0.25) is 4.79 Å². The highest BCUT2D eigenvalue weighted by molar-refractivity contribution is 5.88. The van der Waals surface area contributed by atoms with Gasteiger partial charge in [0.05, 0.1) is 0 Å². The Hall–Kier alpha value is -0.410. The smallest absolute Gasteiger partial charge is 0.190 e. The van der Waals surface area contributed by atoms with E-state index in [2.05, 4.69) is 0 Å². The third-order valence-electron chi connectivity index (χ3n) is 2.65. The number of Topliss-reactive ketones (excluding diaryl/α,β-unsaturated/α-hetero) is 1. The number of ketones is 1. The van der Waals surface area contributed by atoms with Crippen molar-refractivity contribution >= 4 is 5.78 Å². The molecule has 0 aromatic rings. The highest BCUT2D eigenvalue weighted by Gasteiger charge is 2.34. The molecule has 0 aliphatic carbocycles. The van der Waals surface area contributed by atoms with Crippen molar-refractivity contribution in [2.45, 2.75) is 52.6 Å². The van der Waals surface area contributed by atoms with Gasteiger partial charge in [0.1, 0.15) is 12.2 Å². The molecule has 0 radical (unpaired) electrons. The third kappa shape index (κ3) is 4.31. The van der Waals surface area contributed by atoms with Crippen molar-refractivity contribution in [2.24, 2.45) is 0 Å². The molecule has 3 nitrogen and oxygen atoms in total. The van der Waals surface area contributed by atoms with Crippen molar-refractivity contribution in [2.75, 3.05) is 19.8 Å². The number of carbonyl (C=O) groups is 1. The molecule has 15 heavy (non-hydrogen) atoms. The first-order valence-electron chi connectivity index (χ1n) is 5.91. The molecular formula is C12H24O3. The van der Waals surface area contributed by atoms with Crippen LogP contribution in [0.5, 0.6) is 0 Å². The van der Waals surface area contributed by atoms with Crippen molar-refractivity contribution in [3.63, 3.8) is 0 Å². The maximum Gasteiger partial charge on any atom is 0.190 e. The molecular weight excluding hydrogens is 192 g/mol. The molecule has 0 bridgehead atoms. The normalized spacial score (nSPS) is 11.7. The second-order valence-corrected chi connectivity index (χ2v) is 3.61. The predicted octanol–water partition coefficient (Wildman–Crippen LogP) is 2.58. The second-order valence-electron chi connectivity index (χ2n) is 3.61. The Morgan fingerprint density at radius 1 is 1.13 bits per heavy atom. The van der Waals surface area contributed by atoms with Crippen LogP contribution >= 0.6 is 0 Å². The van der Waals surface area contributed by atoms with E-state index < -0.39 is 5.60 Å². The summed E-state index contributed by atoms with van der Waals surface area (Å²) in [5, 5.41) is 0. The van der Waals surface area contributed by atoms with E-state index in [0.29, 0.717) is 26.1 Å². The Balaban J connectivity index is 4.27. The number of hydrogen-bond acceptors (Lipinski definition) is 3. The molecule has 0 saturated carbocycles. The lowest BCUT2D eigenvalue weighted by Gasteiger charge is -2.29. The van der Waals surface area contributed by atoms with Crippen LogP contribution in [0.4, 0.5) is 0 Å². The van der Waals surface area contributed by atoms with Crippen LogP contribution in [-0.4, -0.2) is 31.2 Å². The van der Waals surface area contributed by atoms with Crippen LogP contribution in [0.25, 0.3) is 0 Å². The van der Waals surface area contributed by atoms with E-state index in [4.69, 9.17) is 9.47 Å². The van der Waals surface area contributed by atoms with Crippen LogP contribution in [0.15, 0.2) is 0 Å². The second kappa shape index (κ2) is 7.83. The lowest BCUT2D eigenvalue weighted by atomic mass is 9.92. The number of rotatable bonds is 9. The van der Waals surface area contributed by atoms with Gasteiger partial charge in [0.25, 0.3) is 0 Å². The molecule has 0 atom stereocenters. The van der Waals surface area contributed by atoms with E-state index >= 15 is 0 Å². The fraction of sp³-hybridized carbons (Fsp3) is 0.917. The molecule has 0 aromatic carbocycles. The summed E-state index contributed by atoms with van der Waals surface area (Å²) >= 11 is 0. The highest BCUT2D eigenvalue weighted by Crippen LogP contribution is 2.21. The molecule has 0 amide bonds. The predicted molar refractivity (Wildman–Crippen MR) is 61.1 cm³/mol. The van der Waals surface area contributed by atoms with Crippen LogP contribution in [0.2, 0.25) is 0 Å². The minimum absolute atomic E-state index is 0.0720. The molecule has 0 aromatic heterocycles. The summed E-state index contributed by atoms with van der Waals surface area (Å²) in [5.74, 6) is 0.0720. The molecule has 0 aliphatic heterocycles. The van der Waals surface area contributed by atoms with Gasteiger partial charge < -0.3 is 9.47 Å². The molecule has 0 spiro atoms. The van der Waals surface area contributed by atoms with Crippen LogP contribution in [0.3, 0.4) is 0 Å². The maximum atomic E-state index is 11.9. The lowest BCUT2D eigenvalue weighted by Crippen LogP contribution is -2.43. The molecule has 0 N–H and O–H groups in total. The first-order chi connectivity index (χ1) is 7.16. The van der Waals surface area contributed by atoms with Crippen LogP contribution in [0.1, 0.15) is 47.0 Å². The van der Waals surface area contributed by atoms with Crippen molar-refractivity contribution in [1.82, 2.24) is 0 Å². The average molecular weight is 216 g/mol. The third-order valence-corrected chi connectivity index (χ3v) is 2.65. The van der Waals surface area contributed by atoms with Crippen LogP contribution < -0.4 is 0 Å². The van der Waals surface area contributed by atoms with Gasteiger partial charge in [-0.15, -0.1) is 0 Å². The molecule has 0 unspecified atom stereocenters. The summed E-state index contributed by atoms with van der Waals surface area (Å²) in [6.45, 7) is 9.30. The number of carbonyl (C=O) groups excluding carboxylic acids is 1. The summed E-state index contributed by atoms with van der Waals surface area (Å²) in [6, 6.07) is 0. The van der Waals surface area contributed by atoms with Gasteiger partial charge in [-0.1, -0.05) is 20.8 Å². The van der Waals surface area contributed by atoms with E-state index in [0.717, 1.165) is 6.42 Å². The monoisotopic (exact) mass is 216 g/mol. The topological polar surface area (TPSA) is 35.5 Å².